The largest absolute Gasteiger partial charge is 0.478 e. The molecule has 4 aromatic rings. The minimum atomic E-state index is -4.79. The lowest BCUT2D eigenvalue weighted by Gasteiger charge is -2.15. The number of imidazole rings is 1. The summed E-state index contributed by atoms with van der Waals surface area (Å²) in [4.78, 5) is 42.2. The third kappa shape index (κ3) is 5.97. The molecule has 224 valence electrons. The van der Waals surface area contributed by atoms with E-state index in [1.54, 1.807) is 0 Å². The van der Waals surface area contributed by atoms with E-state index in [0.717, 1.165) is 37.2 Å². The lowest BCUT2D eigenvalue weighted by atomic mass is 10.0. The van der Waals surface area contributed by atoms with Gasteiger partial charge in [0, 0.05) is 17.5 Å². The van der Waals surface area contributed by atoms with Crippen molar-refractivity contribution >= 4 is 45.6 Å². The Bertz CT molecular complexity index is 1720. The Hall–Kier alpha value is -4.74. The number of carboxylic acids is 1. The second kappa shape index (κ2) is 11.3. The number of alkyl halides is 3. The number of nitrogens with one attached hydrogen (secondary N) is 1. The van der Waals surface area contributed by atoms with E-state index in [1.165, 1.54) is 23.8 Å². The van der Waals surface area contributed by atoms with E-state index in [2.05, 4.69) is 25.8 Å². The lowest BCUT2D eigenvalue weighted by Crippen LogP contribution is -2.41. The molecule has 42 heavy (non-hydrogen) atoms. The molecule has 0 atom stereocenters. The van der Waals surface area contributed by atoms with Crippen LogP contribution >= 0.6 is 0 Å². The average molecular weight is 595 g/mol. The topological polar surface area (TPSA) is 215 Å². The second-order valence-electron chi connectivity index (χ2n) is 9.29. The molecule has 1 aliphatic rings. The summed E-state index contributed by atoms with van der Waals surface area (Å²) in [6.45, 7) is 0. The third-order valence-corrected chi connectivity index (χ3v) is 6.58. The van der Waals surface area contributed by atoms with Crippen LogP contribution in [0.25, 0.3) is 21.9 Å². The summed E-state index contributed by atoms with van der Waals surface area (Å²) < 4.78 is 46.3. The fourth-order valence-corrected chi connectivity index (χ4v) is 4.84. The van der Waals surface area contributed by atoms with Gasteiger partial charge in [-0.3, -0.25) is 4.57 Å². The maximum Gasteiger partial charge on any atom is 0.418 e. The molecular weight excluding hydrogens is 569 g/mol. The van der Waals surface area contributed by atoms with Crippen LogP contribution in [0.2, 0.25) is 0 Å². The Morgan fingerprint density at radius 2 is 1.74 bits per heavy atom. The quantitative estimate of drug-likeness (QED) is 0.185. The van der Waals surface area contributed by atoms with Gasteiger partial charge in [-0.25, -0.2) is 28.9 Å². The highest BCUT2D eigenvalue weighted by atomic mass is 19.4. The zero-order valence-corrected chi connectivity index (χ0v) is 21.8. The molecule has 0 radical (unpaired) electrons. The Labute approximate surface area is 233 Å². The van der Waals surface area contributed by atoms with E-state index < -0.39 is 46.7 Å². The van der Waals surface area contributed by atoms with Gasteiger partial charge in [0.2, 0.25) is 0 Å². The van der Waals surface area contributed by atoms with E-state index in [1.807, 2.05) is 0 Å². The number of hydrogen-bond donors (Lipinski definition) is 6. The van der Waals surface area contributed by atoms with Crippen molar-refractivity contribution in [2.75, 3.05) is 12.4 Å². The Morgan fingerprint density at radius 1 is 1.10 bits per heavy atom. The predicted molar refractivity (Wildman–Crippen MR) is 140 cm³/mol. The van der Waals surface area contributed by atoms with Crippen LogP contribution in [0.3, 0.4) is 0 Å². The highest BCUT2D eigenvalue weighted by molar-refractivity contribution is 6.04. The molecule has 17 heteroatoms. The Balaban J connectivity index is 0.000000748. The summed E-state index contributed by atoms with van der Waals surface area (Å²) in [5, 5.41) is 41.4. The first-order valence-electron chi connectivity index (χ1n) is 12.3. The number of primary amides is 1. The number of nitrogens with two attached hydrogens (primary N) is 1. The van der Waals surface area contributed by atoms with Gasteiger partial charge in [0.25, 0.3) is 0 Å². The number of pyridine rings is 2. The maximum absolute atomic E-state index is 13.6. The summed E-state index contributed by atoms with van der Waals surface area (Å²) in [6, 6.07) is 5.22. The van der Waals surface area contributed by atoms with E-state index in [-0.39, 0.29) is 34.1 Å². The van der Waals surface area contributed by atoms with Crippen molar-refractivity contribution in [3.63, 3.8) is 0 Å². The number of carboxylic acid groups (broad SMARTS) is 1. The average Bonchev–Trinajstić information content (AvgIpc) is 3.52. The molecule has 3 aromatic heterocycles. The number of halogens is 3. The fraction of sp³-hybridized carbons (Fsp3) is 0.320. The van der Waals surface area contributed by atoms with Crippen molar-refractivity contribution in [2.24, 2.45) is 5.73 Å². The van der Waals surface area contributed by atoms with Crippen molar-refractivity contribution in [3.05, 3.63) is 58.1 Å². The molecule has 1 amide bonds. The van der Waals surface area contributed by atoms with Gasteiger partial charge in [-0.05, 0) is 25.0 Å². The van der Waals surface area contributed by atoms with Crippen LogP contribution in [0.5, 0.6) is 0 Å². The molecule has 5 rings (SSSR count). The standard InChI is InChI=1S/C23H20F3N5O6.C2H5NO2/c24-22(25,26)14-7-3-6-12-13(20(32)33)8-18(29-19(12)14)28-17-9-15-16(10-27-17)31(23(35,36)37)21(34)30(15)11-4-1-2-5-11;1-5-2(3)4/h3,6-11,35-37H,1-2,4-5H2,(H,32,33)(H,27,28,29);1H3,(H2,3,4). The number of ether oxygens (including phenoxy) is 1. The normalized spacial score (nSPS) is 14.1. The number of hydrogen-bond acceptors (Lipinski definition) is 10. The number of carbonyl (C=O) groups is 2. The number of nitrogens with zero attached hydrogens (tertiary/aromatic N) is 4. The molecule has 0 spiro atoms. The number of aromatic carboxylic acids is 1. The van der Waals surface area contributed by atoms with Gasteiger partial charge in [0.15, 0.2) is 0 Å². The number of para-hydroxylation sites is 1. The van der Waals surface area contributed by atoms with Crippen LogP contribution in [0.1, 0.15) is 47.6 Å². The highest BCUT2D eigenvalue weighted by Gasteiger charge is 2.35. The molecule has 3 heterocycles. The molecule has 1 fully saturated rings. The highest BCUT2D eigenvalue weighted by Crippen LogP contribution is 2.36. The van der Waals surface area contributed by atoms with Gasteiger partial charge >= 0.3 is 30.0 Å². The molecule has 14 nitrogen and oxygen atoms in total. The van der Waals surface area contributed by atoms with Crippen molar-refractivity contribution < 1.29 is 47.9 Å². The minimum absolute atomic E-state index is 0.0107. The van der Waals surface area contributed by atoms with Crippen LogP contribution in [0.15, 0.2) is 41.3 Å². The van der Waals surface area contributed by atoms with Gasteiger partial charge < -0.3 is 36.2 Å². The summed E-state index contributed by atoms with van der Waals surface area (Å²) in [7, 11) is 1.22. The molecule has 0 saturated heterocycles. The molecule has 0 aliphatic heterocycles. The van der Waals surface area contributed by atoms with Gasteiger partial charge in [0.05, 0.1) is 41.0 Å². The molecule has 0 bridgehead atoms. The van der Waals surface area contributed by atoms with Crippen molar-refractivity contribution in [2.45, 2.75) is 44.0 Å². The molecule has 1 aromatic carbocycles. The van der Waals surface area contributed by atoms with Crippen molar-refractivity contribution in [3.8, 4) is 0 Å². The van der Waals surface area contributed by atoms with Crippen LogP contribution in [-0.4, -0.2) is 58.7 Å². The van der Waals surface area contributed by atoms with E-state index in [0.29, 0.717) is 17.4 Å². The number of amides is 1. The van der Waals surface area contributed by atoms with Gasteiger partial charge in [-0.1, -0.05) is 25.0 Å². The number of rotatable bonds is 5. The third-order valence-electron chi connectivity index (χ3n) is 6.58. The zero-order chi connectivity index (χ0) is 31.0. The van der Waals surface area contributed by atoms with Crippen molar-refractivity contribution in [1.29, 1.82) is 0 Å². The molecule has 1 aliphatic carbocycles. The first-order valence-corrected chi connectivity index (χ1v) is 12.3. The predicted octanol–water partition coefficient (Wildman–Crippen LogP) is 2.58. The first-order chi connectivity index (χ1) is 19.6. The summed E-state index contributed by atoms with van der Waals surface area (Å²) in [5.41, 5.74) is 1.51. The Morgan fingerprint density at radius 3 is 2.29 bits per heavy atom. The maximum atomic E-state index is 13.6. The van der Waals surface area contributed by atoms with E-state index >= 15 is 0 Å². The van der Waals surface area contributed by atoms with Crippen molar-refractivity contribution in [1.82, 2.24) is 19.1 Å². The zero-order valence-electron chi connectivity index (χ0n) is 21.8. The van der Waals surface area contributed by atoms with E-state index in [4.69, 9.17) is 0 Å². The smallest absolute Gasteiger partial charge is 0.418 e. The van der Waals surface area contributed by atoms with Crippen LogP contribution in [-0.2, 0) is 17.0 Å². The Kier molecular flexibility index (Phi) is 8.11. The lowest BCUT2D eigenvalue weighted by molar-refractivity contribution is -0.374. The van der Waals surface area contributed by atoms with Gasteiger partial charge in [-0.2, -0.15) is 13.2 Å². The first kappa shape index (κ1) is 30.2. The van der Waals surface area contributed by atoms with Gasteiger partial charge in [-0.15, -0.1) is 0 Å². The minimum Gasteiger partial charge on any atom is -0.478 e. The number of methoxy groups -OCH3 is 1. The summed E-state index contributed by atoms with van der Waals surface area (Å²) in [6.07, 6.45) is -5.02. The van der Waals surface area contributed by atoms with Crippen LogP contribution < -0.4 is 16.7 Å². The van der Waals surface area contributed by atoms with Crippen LogP contribution in [0, 0.1) is 0 Å². The number of carbonyl (C=O) groups excluding carboxylic acids is 1. The van der Waals surface area contributed by atoms with Gasteiger partial charge in [0.1, 0.15) is 11.6 Å². The molecule has 1 saturated carbocycles. The second-order valence-corrected chi connectivity index (χ2v) is 9.29. The molecular formula is C25H25F3N6O8. The molecule has 7 N–H and O–H groups in total. The fourth-order valence-electron chi connectivity index (χ4n) is 4.84. The number of benzene rings is 1. The summed E-state index contributed by atoms with van der Waals surface area (Å²) >= 11 is 0. The number of aromatic nitrogens is 4. The van der Waals surface area contributed by atoms with E-state index in [9.17, 15) is 48.0 Å². The number of aliphatic hydroxyl groups is 3. The molecule has 0 unspecified atom stereocenters. The number of fused-ring (bicyclic) bond motifs is 2. The number of anilines is 2. The van der Waals surface area contributed by atoms with Crippen LogP contribution in [0.4, 0.5) is 29.6 Å². The monoisotopic (exact) mass is 594 g/mol. The summed E-state index contributed by atoms with van der Waals surface area (Å²) in [5.74, 6) is -1.72. The SMILES string of the molecule is COC(N)=O.O=C(O)c1cc(Nc2cc3c(cn2)n(C(O)(O)O)c(=O)n3C2CCCC2)nc2c(C(F)(F)F)cccc12.